The summed E-state index contributed by atoms with van der Waals surface area (Å²) in [5.74, 6) is 3.06. The molecule has 2 fully saturated rings. The van der Waals surface area contributed by atoms with E-state index in [9.17, 15) is 5.11 Å². The average molecular weight is 339 g/mol. The maximum atomic E-state index is 10.7. The van der Waals surface area contributed by atoms with Gasteiger partial charge in [-0.05, 0) is 49.8 Å². The van der Waals surface area contributed by atoms with Crippen LogP contribution in [0.2, 0.25) is 0 Å². The van der Waals surface area contributed by atoms with Crippen molar-refractivity contribution in [3.8, 4) is 11.5 Å². The van der Waals surface area contributed by atoms with Gasteiger partial charge in [0.1, 0.15) is 12.2 Å². The summed E-state index contributed by atoms with van der Waals surface area (Å²) in [6, 6.07) is 4.82. The number of methoxy groups -OCH3 is 1. The lowest BCUT2D eigenvalue weighted by Crippen LogP contribution is -2.65. The predicted molar refractivity (Wildman–Crippen MR) is 94.1 cm³/mol. The summed E-state index contributed by atoms with van der Waals surface area (Å²) in [6.07, 6.45) is 8.53. The van der Waals surface area contributed by atoms with Crippen molar-refractivity contribution >= 4 is 0 Å². The third kappa shape index (κ3) is 1.75. The maximum absolute atomic E-state index is 10.7. The lowest BCUT2D eigenvalue weighted by atomic mass is 9.53. The Hall–Kier alpha value is -1.52. The molecule has 0 amide bonds. The Bertz CT molecular complexity index is 771. The van der Waals surface area contributed by atoms with Gasteiger partial charge >= 0.3 is 0 Å². The highest BCUT2D eigenvalue weighted by Crippen LogP contribution is 2.62. The van der Waals surface area contributed by atoms with E-state index in [0.717, 1.165) is 36.8 Å². The average Bonchev–Trinajstić information content (AvgIpc) is 3.36. The highest BCUT2D eigenvalue weighted by molar-refractivity contribution is 5.62. The van der Waals surface area contributed by atoms with Crippen LogP contribution in [0.25, 0.3) is 0 Å². The van der Waals surface area contributed by atoms with Crippen molar-refractivity contribution in [2.24, 2.45) is 11.8 Å². The van der Waals surface area contributed by atoms with Crippen LogP contribution >= 0.6 is 0 Å². The molecule has 6 rings (SSSR count). The van der Waals surface area contributed by atoms with Gasteiger partial charge in [0.15, 0.2) is 11.5 Å². The summed E-state index contributed by atoms with van der Waals surface area (Å²) < 4.78 is 12.0. The Morgan fingerprint density at radius 1 is 1.32 bits per heavy atom. The van der Waals surface area contributed by atoms with Gasteiger partial charge in [0, 0.05) is 29.5 Å². The summed E-state index contributed by atoms with van der Waals surface area (Å²) >= 11 is 0. The molecule has 1 spiro atoms. The zero-order chi connectivity index (χ0) is 16.8. The predicted octanol–water partition coefficient (Wildman–Crippen LogP) is 2.28. The minimum Gasteiger partial charge on any atom is -0.493 e. The lowest BCUT2D eigenvalue weighted by molar-refractivity contribution is -0.0525. The Balaban J connectivity index is 1.54. The standard InChI is InChI=1S/C21H25NO3/c1-24-17-7-4-13-10-15-14-5-6-16(23)20-21(14,18(13)19(17)25-20)8-9-22(15)11-12-2-3-12/h4-7,12,14-16,20,23H,2-3,8-11H2,1H3/t14?,15-,16?,20?,21+/m1/s1. The fourth-order valence-corrected chi connectivity index (χ4v) is 6.14. The molecule has 0 aromatic heterocycles. The van der Waals surface area contributed by atoms with Crippen LogP contribution in [0.5, 0.6) is 11.5 Å². The van der Waals surface area contributed by atoms with Crippen molar-refractivity contribution in [2.75, 3.05) is 20.2 Å². The monoisotopic (exact) mass is 339 g/mol. The van der Waals surface area contributed by atoms with E-state index in [4.69, 9.17) is 9.47 Å². The highest BCUT2D eigenvalue weighted by Gasteiger charge is 2.64. The first-order valence-electron chi connectivity index (χ1n) is 9.70. The van der Waals surface area contributed by atoms with Gasteiger partial charge in [-0.3, -0.25) is 4.90 Å². The molecule has 1 aromatic carbocycles. The van der Waals surface area contributed by atoms with Gasteiger partial charge in [0.05, 0.1) is 7.11 Å². The molecule has 5 atom stereocenters. The normalized spacial score (nSPS) is 40.6. The zero-order valence-corrected chi connectivity index (χ0v) is 14.6. The first-order chi connectivity index (χ1) is 12.2. The van der Waals surface area contributed by atoms with Gasteiger partial charge in [0.2, 0.25) is 0 Å². The van der Waals surface area contributed by atoms with Gasteiger partial charge in [-0.1, -0.05) is 18.2 Å². The van der Waals surface area contributed by atoms with Gasteiger partial charge in [0.25, 0.3) is 0 Å². The van der Waals surface area contributed by atoms with Gasteiger partial charge < -0.3 is 14.6 Å². The SMILES string of the molecule is COc1ccc2c3c1OC1C(O)C=CC4[C@@H](C2)N(CC2CC2)CC[C@]314. The number of likely N-dealkylation sites (tertiary alicyclic amines) is 1. The number of aliphatic hydroxyl groups is 1. The number of rotatable bonds is 3. The molecule has 1 N–H and O–H groups in total. The summed E-state index contributed by atoms with van der Waals surface area (Å²) in [7, 11) is 1.71. The molecule has 1 saturated heterocycles. The van der Waals surface area contributed by atoms with Crippen LogP contribution in [-0.2, 0) is 11.8 Å². The number of hydrogen-bond donors (Lipinski definition) is 1. The topological polar surface area (TPSA) is 41.9 Å². The fraction of sp³-hybridized carbons (Fsp3) is 0.619. The maximum Gasteiger partial charge on any atom is 0.165 e. The van der Waals surface area contributed by atoms with E-state index in [1.54, 1.807) is 7.11 Å². The molecule has 3 aliphatic carbocycles. The number of benzene rings is 1. The molecule has 2 bridgehead atoms. The molecule has 25 heavy (non-hydrogen) atoms. The van der Waals surface area contributed by atoms with Crippen LogP contribution in [0.4, 0.5) is 0 Å². The lowest BCUT2D eigenvalue weighted by Gasteiger charge is -2.57. The van der Waals surface area contributed by atoms with Crippen molar-refractivity contribution in [3.05, 3.63) is 35.4 Å². The number of nitrogens with zero attached hydrogens (tertiary/aromatic N) is 1. The molecule has 0 radical (unpaired) electrons. The molecule has 1 aromatic rings. The minimum absolute atomic E-state index is 0.0731. The van der Waals surface area contributed by atoms with Crippen molar-refractivity contribution in [3.63, 3.8) is 0 Å². The van der Waals surface area contributed by atoms with E-state index < -0.39 is 6.10 Å². The highest BCUT2D eigenvalue weighted by atomic mass is 16.5. The molecule has 2 heterocycles. The van der Waals surface area contributed by atoms with E-state index in [0.29, 0.717) is 12.0 Å². The molecule has 5 aliphatic rings. The fourth-order valence-electron chi connectivity index (χ4n) is 6.14. The molecule has 4 heteroatoms. The van der Waals surface area contributed by atoms with E-state index in [-0.39, 0.29) is 11.5 Å². The van der Waals surface area contributed by atoms with Crippen molar-refractivity contribution in [1.82, 2.24) is 4.90 Å². The van der Waals surface area contributed by atoms with Gasteiger partial charge in [-0.15, -0.1) is 0 Å². The molecule has 4 nitrogen and oxygen atoms in total. The first-order valence-corrected chi connectivity index (χ1v) is 9.70. The van der Waals surface area contributed by atoms with Crippen LogP contribution < -0.4 is 9.47 Å². The Kier molecular flexibility index (Phi) is 2.81. The summed E-state index contributed by atoms with van der Waals surface area (Å²) in [4.78, 5) is 2.73. The smallest absolute Gasteiger partial charge is 0.165 e. The Morgan fingerprint density at radius 2 is 2.20 bits per heavy atom. The van der Waals surface area contributed by atoms with Gasteiger partial charge in [-0.2, -0.15) is 0 Å². The van der Waals surface area contributed by atoms with Crippen LogP contribution in [0.1, 0.15) is 30.4 Å². The number of hydrogen-bond acceptors (Lipinski definition) is 4. The van der Waals surface area contributed by atoms with Crippen molar-refractivity contribution in [2.45, 2.75) is 49.3 Å². The molecular formula is C21H25NO3. The molecular weight excluding hydrogens is 314 g/mol. The van der Waals surface area contributed by atoms with Crippen LogP contribution in [-0.4, -0.2) is 48.5 Å². The minimum atomic E-state index is -0.532. The van der Waals surface area contributed by atoms with Gasteiger partial charge in [-0.25, -0.2) is 0 Å². The second kappa shape index (κ2) is 4.80. The molecule has 132 valence electrons. The van der Waals surface area contributed by atoms with E-state index in [1.165, 1.54) is 30.5 Å². The summed E-state index contributed by atoms with van der Waals surface area (Å²) in [5.41, 5.74) is 2.67. The second-order valence-electron chi connectivity index (χ2n) is 8.57. The molecule has 2 aliphatic heterocycles. The molecule has 1 saturated carbocycles. The third-order valence-electron chi connectivity index (χ3n) is 7.38. The summed E-state index contributed by atoms with van der Waals surface area (Å²) in [5, 5.41) is 10.7. The first kappa shape index (κ1) is 14.6. The van der Waals surface area contributed by atoms with E-state index >= 15 is 0 Å². The Labute approximate surface area is 148 Å². The van der Waals surface area contributed by atoms with Crippen molar-refractivity contribution in [1.29, 1.82) is 0 Å². The van der Waals surface area contributed by atoms with Crippen LogP contribution in [0.3, 0.4) is 0 Å². The largest absolute Gasteiger partial charge is 0.493 e. The zero-order valence-electron chi connectivity index (χ0n) is 14.6. The summed E-state index contributed by atoms with van der Waals surface area (Å²) in [6.45, 7) is 2.37. The van der Waals surface area contributed by atoms with Crippen LogP contribution in [0, 0.1) is 11.8 Å². The van der Waals surface area contributed by atoms with E-state index in [2.05, 4.69) is 17.0 Å². The number of ether oxygens (including phenoxy) is 2. The van der Waals surface area contributed by atoms with E-state index in [1.807, 2.05) is 12.1 Å². The van der Waals surface area contributed by atoms with Crippen molar-refractivity contribution < 1.29 is 14.6 Å². The third-order valence-corrected chi connectivity index (χ3v) is 7.38. The number of piperidine rings is 1. The van der Waals surface area contributed by atoms with Crippen LogP contribution in [0.15, 0.2) is 24.3 Å². The molecule has 3 unspecified atom stereocenters. The Morgan fingerprint density at radius 3 is 3.00 bits per heavy atom. The quantitative estimate of drug-likeness (QED) is 0.858. The second-order valence-corrected chi connectivity index (χ2v) is 8.57. The number of aliphatic hydroxyl groups excluding tert-OH is 1.